The zero-order chi connectivity index (χ0) is 10.3. The molecule has 0 radical (unpaired) electrons. The molecule has 6 heteroatoms. The average molecular weight is 313 g/mol. The number of fused-ring (bicyclic) bond motifs is 1. The zero-order valence-electron chi connectivity index (χ0n) is 6.60. The van der Waals surface area contributed by atoms with E-state index in [2.05, 4.69) is 4.98 Å². The van der Waals surface area contributed by atoms with E-state index in [1.165, 1.54) is 6.26 Å². The Kier molecular flexibility index (Phi) is 2.17. The zero-order valence-corrected chi connectivity index (χ0v) is 8.76. The van der Waals surface area contributed by atoms with Crippen molar-refractivity contribution in [3.63, 3.8) is 0 Å². The first-order valence-electron chi connectivity index (χ1n) is 3.58. The molecule has 0 atom stereocenters. The van der Waals surface area contributed by atoms with Gasteiger partial charge in [0.2, 0.25) is 5.71 Å². The lowest BCUT2D eigenvalue weighted by atomic mass is 10.2. The highest BCUT2D eigenvalue weighted by Crippen LogP contribution is 2.31. The van der Waals surface area contributed by atoms with Crippen LogP contribution < -0.4 is 0 Å². The standard InChI is InChI=1S/C8H3F3INO/c9-8(10,11)4-1-5-6(12)3-14-7(5)13-2-4/h1-3H. The molecule has 0 unspecified atom stereocenters. The summed E-state index contributed by atoms with van der Waals surface area (Å²) in [5, 5.41) is 0.389. The van der Waals surface area contributed by atoms with E-state index in [1.807, 2.05) is 22.6 Å². The Labute approximate surface area is 90.3 Å². The van der Waals surface area contributed by atoms with Crippen LogP contribution >= 0.6 is 22.6 Å². The first-order valence-corrected chi connectivity index (χ1v) is 4.66. The molecule has 0 saturated heterocycles. The van der Waals surface area contributed by atoms with E-state index in [0.717, 1.165) is 12.3 Å². The van der Waals surface area contributed by atoms with E-state index < -0.39 is 11.7 Å². The molecule has 0 fully saturated rings. The number of aromatic nitrogens is 1. The second-order valence-electron chi connectivity index (χ2n) is 2.66. The van der Waals surface area contributed by atoms with Gasteiger partial charge in [-0.3, -0.25) is 0 Å². The summed E-state index contributed by atoms with van der Waals surface area (Å²) >= 11 is 1.90. The summed E-state index contributed by atoms with van der Waals surface area (Å²) in [7, 11) is 0. The van der Waals surface area contributed by atoms with Crippen LogP contribution in [0.4, 0.5) is 13.2 Å². The van der Waals surface area contributed by atoms with Crippen LogP contribution in [-0.2, 0) is 6.18 Å². The fourth-order valence-corrected chi connectivity index (χ4v) is 1.56. The molecule has 0 bridgehead atoms. The Morgan fingerprint density at radius 2 is 2.07 bits per heavy atom. The minimum absolute atomic E-state index is 0.224. The average Bonchev–Trinajstić information content (AvgIpc) is 2.46. The second-order valence-corrected chi connectivity index (χ2v) is 3.82. The number of halogens is 4. The van der Waals surface area contributed by atoms with Gasteiger partial charge in [-0.15, -0.1) is 0 Å². The highest BCUT2D eigenvalue weighted by Gasteiger charge is 2.31. The Morgan fingerprint density at radius 3 is 2.71 bits per heavy atom. The highest BCUT2D eigenvalue weighted by molar-refractivity contribution is 14.1. The molecule has 0 aromatic carbocycles. The van der Waals surface area contributed by atoms with Crippen LogP contribution in [0.2, 0.25) is 0 Å². The van der Waals surface area contributed by atoms with Crippen molar-refractivity contribution in [1.82, 2.24) is 4.98 Å². The molecule has 14 heavy (non-hydrogen) atoms. The quantitative estimate of drug-likeness (QED) is 0.696. The molecule has 2 aromatic rings. The van der Waals surface area contributed by atoms with Crippen LogP contribution in [-0.4, -0.2) is 4.98 Å². The van der Waals surface area contributed by atoms with Gasteiger partial charge in [0.25, 0.3) is 0 Å². The largest absolute Gasteiger partial charge is 0.445 e. The summed E-state index contributed by atoms with van der Waals surface area (Å²) in [6, 6.07) is 1.04. The fraction of sp³-hybridized carbons (Fsp3) is 0.125. The molecule has 74 valence electrons. The molecule has 0 saturated carbocycles. The number of pyridine rings is 1. The molecule has 0 aliphatic carbocycles. The first-order chi connectivity index (χ1) is 6.48. The lowest BCUT2D eigenvalue weighted by Crippen LogP contribution is -2.04. The number of furan rings is 1. The molecule has 2 aromatic heterocycles. The van der Waals surface area contributed by atoms with Gasteiger partial charge in [0, 0.05) is 6.20 Å². The van der Waals surface area contributed by atoms with Crippen LogP contribution in [0.1, 0.15) is 5.56 Å². The van der Waals surface area contributed by atoms with E-state index in [1.54, 1.807) is 0 Å². The number of hydrogen-bond donors (Lipinski definition) is 0. The van der Waals surface area contributed by atoms with Crippen molar-refractivity contribution < 1.29 is 17.6 Å². The van der Waals surface area contributed by atoms with Crippen molar-refractivity contribution in [1.29, 1.82) is 0 Å². The summed E-state index contributed by atoms with van der Waals surface area (Å²) in [6.07, 6.45) is -2.22. The van der Waals surface area contributed by atoms with Gasteiger partial charge in [-0.25, -0.2) is 4.98 Å². The minimum Gasteiger partial charge on any atom is -0.445 e. The monoisotopic (exact) mass is 313 g/mol. The van der Waals surface area contributed by atoms with Crippen LogP contribution in [0.5, 0.6) is 0 Å². The van der Waals surface area contributed by atoms with E-state index in [0.29, 0.717) is 8.96 Å². The third kappa shape index (κ3) is 1.58. The summed E-state index contributed by atoms with van der Waals surface area (Å²) < 4.78 is 42.4. The number of alkyl halides is 3. The minimum atomic E-state index is -4.36. The van der Waals surface area contributed by atoms with Crippen molar-refractivity contribution in [2.45, 2.75) is 6.18 Å². The van der Waals surface area contributed by atoms with Crippen LogP contribution in [0.15, 0.2) is 22.9 Å². The van der Waals surface area contributed by atoms with E-state index in [-0.39, 0.29) is 5.71 Å². The molecular weight excluding hydrogens is 310 g/mol. The molecule has 2 nitrogen and oxygen atoms in total. The predicted molar refractivity (Wildman–Crippen MR) is 51.7 cm³/mol. The van der Waals surface area contributed by atoms with Gasteiger partial charge in [0.1, 0.15) is 6.26 Å². The van der Waals surface area contributed by atoms with Gasteiger partial charge in [-0.2, -0.15) is 13.2 Å². The maximum atomic E-state index is 12.3. The molecule has 0 N–H and O–H groups in total. The Balaban J connectivity index is 2.66. The number of hydrogen-bond acceptors (Lipinski definition) is 2. The Morgan fingerprint density at radius 1 is 1.36 bits per heavy atom. The van der Waals surface area contributed by atoms with E-state index in [4.69, 9.17) is 4.42 Å². The van der Waals surface area contributed by atoms with Crippen LogP contribution in [0.3, 0.4) is 0 Å². The highest BCUT2D eigenvalue weighted by atomic mass is 127. The molecular formula is C8H3F3INO. The smallest absolute Gasteiger partial charge is 0.417 e. The SMILES string of the molecule is FC(F)(F)c1cnc2occ(I)c2c1. The predicted octanol–water partition coefficient (Wildman–Crippen LogP) is 3.45. The van der Waals surface area contributed by atoms with Crippen molar-refractivity contribution in [2.24, 2.45) is 0 Å². The number of rotatable bonds is 0. The normalized spacial score (nSPS) is 12.3. The Bertz CT molecular complexity index is 477. The van der Waals surface area contributed by atoms with Gasteiger partial charge < -0.3 is 4.42 Å². The Hall–Kier alpha value is -0.790. The maximum Gasteiger partial charge on any atom is 0.417 e. The summed E-state index contributed by atoms with van der Waals surface area (Å²) in [6.45, 7) is 0. The summed E-state index contributed by atoms with van der Waals surface area (Å²) in [5.74, 6) is 0. The van der Waals surface area contributed by atoms with Gasteiger partial charge in [-0.1, -0.05) is 0 Å². The molecule has 0 aliphatic heterocycles. The van der Waals surface area contributed by atoms with Crippen LogP contribution in [0.25, 0.3) is 11.1 Å². The molecule has 2 rings (SSSR count). The van der Waals surface area contributed by atoms with Gasteiger partial charge in [0.05, 0.1) is 14.5 Å². The van der Waals surface area contributed by atoms with Crippen molar-refractivity contribution in [3.05, 3.63) is 27.7 Å². The third-order valence-corrected chi connectivity index (χ3v) is 2.55. The lowest BCUT2D eigenvalue weighted by Gasteiger charge is -2.04. The topological polar surface area (TPSA) is 26.0 Å². The third-order valence-electron chi connectivity index (χ3n) is 1.71. The molecule has 2 heterocycles. The molecule has 0 spiro atoms. The second kappa shape index (κ2) is 3.11. The first kappa shape index (κ1) is 9.75. The van der Waals surface area contributed by atoms with Crippen molar-refractivity contribution in [3.8, 4) is 0 Å². The van der Waals surface area contributed by atoms with Gasteiger partial charge >= 0.3 is 6.18 Å². The maximum absolute atomic E-state index is 12.3. The van der Waals surface area contributed by atoms with Gasteiger partial charge in [-0.05, 0) is 28.7 Å². The van der Waals surface area contributed by atoms with Gasteiger partial charge in [0.15, 0.2) is 0 Å². The lowest BCUT2D eigenvalue weighted by molar-refractivity contribution is -0.137. The fourth-order valence-electron chi connectivity index (χ4n) is 1.04. The van der Waals surface area contributed by atoms with Crippen molar-refractivity contribution in [2.75, 3.05) is 0 Å². The van der Waals surface area contributed by atoms with Crippen LogP contribution in [0, 0.1) is 3.57 Å². The number of nitrogens with zero attached hydrogens (tertiary/aromatic N) is 1. The van der Waals surface area contributed by atoms with E-state index >= 15 is 0 Å². The van der Waals surface area contributed by atoms with Crippen molar-refractivity contribution >= 4 is 33.7 Å². The summed E-state index contributed by atoms with van der Waals surface area (Å²) in [4.78, 5) is 3.58. The summed E-state index contributed by atoms with van der Waals surface area (Å²) in [5.41, 5.74) is -0.535. The molecule has 0 aliphatic rings. The van der Waals surface area contributed by atoms with E-state index in [9.17, 15) is 13.2 Å². The molecule has 0 amide bonds.